The zero-order chi connectivity index (χ0) is 19.9. The summed E-state index contributed by atoms with van der Waals surface area (Å²) in [6.45, 7) is 7.50. The predicted molar refractivity (Wildman–Crippen MR) is 108 cm³/mol. The van der Waals surface area contributed by atoms with Crippen LogP contribution >= 0.6 is 0 Å². The fourth-order valence-corrected chi connectivity index (χ4v) is 2.95. The van der Waals surface area contributed by atoms with Gasteiger partial charge in [-0.25, -0.2) is 19.6 Å². The standard InChI is InChI=1S/C20H25N7O/c1-4-16(19-23-13-24-27(19)6-3)25-20(28)15-9-7-8-14(12-15)18-22-11-10-17(26-18)21-5-2/h7-13,16H,4-6H2,1-3H3,(H,25,28)(H,21,22,26)/t16-/m1/s1. The van der Waals surface area contributed by atoms with E-state index < -0.39 is 0 Å². The van der Waals surface area contributed by atoms with Crippen LogP contribution in [0, 0.1) is 0 Å². The summed E-state index contributed by atoms with van der Waals surface area (Å²) in [4.78, 5) is 26.0. The molecule has 1 aromatic carbocycles. The van der Waals surface area contributed by atoms with Crippen LogP contribution in [-0.2, 0) is 6.54 Å². The second-order valence-electron chi connectivity index (χ2n) is 6.24. The highest BCUT2D eigenvalue weighted by Crippen LogP contribution is 2.19. The third kappa shape index (κ3) is 4.33. The van der Waals surface area contributed by atoms with Crippen molar-refractivity contribution in [3.05, 3.63) is 54.2 Å². The molecule has 0 saturated carbocycles. The lowest BCUT2D eigenvalue weighted by Crippen LogP contribution is -2.30. The maximum atomic E-state index is 12.8. The van der Waals surface area contributed by atoms with Crippen molar-refractivity contribution in [2.75, 3.05) is 11.9 Å². The van der Waals surface area contributed by atoms with Crippen molar-refractivity contribution in [2.24, 2.45) is 0 Å². The van der Waals surface area contributed by atoms with Crippen molar-refractivity contribution in [1.29, 1.82) is 0 Å². The minimum Gasteiger partial charge on any atom is -0.370 e. The third-order valence-electron chi connectivity index (χ3n) is 4.37. The Hall–Kier alpha value is -3.29. The van der Waals surface area contributed by atoms with Crippen molar-refractivity contribution in [2.45, 2.75) is 39.8 Å². The van der Waals surface area contributed by atoms with Gasteiger partial charge in [0.05, 0.1) is 6.04 Å². The van der Waals surface area contributed by atoms with Crippen LogP contribution in [0.1, 0.15) is 49.4 Å². The highest BCUT2D eigenvalue weighted by atomic mass is 16.1. The van der Waals surface area contributed by atoms with Crippen molar-refractivity contribution >= 4 is 11.7 Å². The molecule has 2 aromatic heterocycles. The number of nitrogens with zero attached hydrogens (tertiary/aromatic N) is 5. The van der Waals surface area contributed by atoms with E-state index >= 15 is 0 Å². The van der Waals surface area contributed by atoms with Gasteiger partial charge in [0.25, 0.3) is 5.91 Å². The van der Waals surface area contributed by atoms with Gasteiger partial charge in [-0.3, -0.25) is 4.79 Å². The quantitative estimate of drug-likeness (QED) is 0.624. The van der Waals surface area contributed by atoms with E-state index in [0.29, 0.717) is 17.9 Å². The lowest BCUT2D eigenvalue weighted by atomic mass is 10.1. The van der Waals surface area contributed by atoms with Crippen LogP contribution in [0.4, 0.5) is 5.82 Å². The van der Waals surface area contributed by atoms with Crippen LogP contribution in [-0.4, -0.2) is 37.2 Å². The SMILES string of the molecule is CCNc1ccnc(-c2cccc(C(=O)N[C@H](CC)c3ncnn3CC)c2)n1. The smallest absolute Gasteiger partial charge is 0.251 e. The normalized spacial score (nSPS) is 11.8. The number of nitrogens with one attached hydrogen (secondary N) is 2. The summed E-state index contributed by atoms with van der Waals surface area (Å²) in [6.07, 6.45) is 3.94. The van der Waals surface area contributed by atoms with Gasteiger partial charge in [0.15, 0.2) is 5.82 Å². The molecule has 28 heavy (non-hydrogen) atoms. The molecule has 8 nitrogen and oxygen atoms in total. The van der Waals surface area contributed by atoms with Gasteiger partial charge in [0, 0.05) is 30.4 Å². The van der Waals surface area contributed by atoms with Crippen molar-refractivity contribution < 1.29 is 4.79 Å². The Morgan fingerprint density at radius 2 is 2.04 bits per heavy atom. The molecule has 0 aliphatic heterocycles. The summed E-state index contributed by atoms with van der Waals surface area (Å²) in [6, 6.07) is 8.93. The molecule has 0 unspecified atom stereocenters. The Kier molecular flexibility index (Phi) is 6.31. The number of hydrogen-bond acceptors (Lipinski definition) is 6. The van der Waals surface area contributed by atoms with E-state index in [2.05, 4.69) is 30.7 Å². The molecule has 0 radical (unpaired) electrons. The average molecular weight is 379 g/mol. The molecule has 0 saturated heterocycles. The molecule has 2 heterocycles. The Morgan fingerprint density at radius 1 is 1.18 bits per heavy atom. The van der Waals surface area contributed by atoms with E-state index in [4.69, 9.17) is 0 Å². The first-order chi connectivity index (χ1) is 13.7. The fourth-order valence-electron chi connectivity index (χ4n) is 2.95. The second kappa shape index (κ2) is 9.07. The van der Waals surface area contributed by atoms with Gasteiger partial charge >= 0.3 is 0 Å². The Labute approximate surface area is 164 Å². The minimum atomic E-state index is -0.202. The largest absolute Gasteiger partial charge is 0.370 e. The number of anilines is 1. The van der Waals surface area contributed by atoms with Gasteiger partial charge < -0.3 is 10.6 Å². The van der Waals surface area contributed by atoms with Gasteiger partial charge in [-0.15, -0.1) is 0 Å². The number of carbonyl (C=O) groups is 1. The van der Waals surface area contributed by atoms with Gasteiger partial charge in [-0.2, -0.15) is 5.10 Å². The predicted octanol–water partition coefficient (Wildman–Crippen LogP) is 3.07. The number of benzene rings is 1. The maximum Gasteiger partial charge on any atom is 0.251 e. The first-order valence-electron chi connectivity index (χ1n) is 9.52. The molecule has 2 N–H and O–H groups in total. The molecular formula is C20H25N7O. The van der Waals surface area contributed by atoms with Gasteiger partial charge in [-0.1, -0.05) is 19.1 Å². The highest BCUT2D eigenvalue weighted by molar-refractivity contribution is 5.95. The molecule has 1 amide bonds. The minimum absolute atomic E-state index is 0.165. The lowest BCUT2D eigenvalue weighted by Gasteiger charge is -2.17. The summed E-state index contributed by atoms with van der Waals surface area (Å²) < 4.78 is 1.80. The molecule has 0 fully saturated rings. The van der Waals surface area contributed by atoms with Gasteiger partial charge in [-0.05, 0) is 38.5 Å². The molecule has 146 valence electrons. The molecule has 0 aliphatic carbocycles. The Morgan fingerprint density at radius 3 is 2.79 bits per heavy atom. The summed E-state index contributed by atoms with van der Waals surface area (Å²) in [5.41, 5.74) is 1.34. The number of rotatable bonds is 8. The van der Waals surface area contributed by atoms with Crippen molar-refractivity contribution in [1.82, 2.24) is 30.0 Å². The van der Waals surface area contributed by atoms with E-state index in [0.717, 1.165) is 30.2 Å². The zero-order valence-corrected chi connectivity index (χ0v) is 16.4. The molecule has 0 bridgehead atoms. The van der Waals surface area contributed by atoms with Gasteiger partial charge in [0.2, 0.25) is 0 Å². The summed E-state index contributed by atoms with van der Waals surface area (Å²) >= 11 is 0. The maximum absolute atomic E-state index is 12.8. The molecule has 0 spiro atoms. The van der Waals surface area contributed by atoms with Crippen molar-refractivity contribution in [3.8, 4) is 11.4 Å². The van der Waals surface area contributed by atoms with E-state index in [-0.39, 0.29) is 11.9 Å². The second-order valence-corrected chi connectivity index (χ2v) is 6.24. The van der Waals surface area contributed by atoms with Crippen LogP contribution in [0.25, 0.3) is 11.4 Å². The van der Waals surface area contributed by atoms with E-state index in [1.807, 2.05) is 39.0 Å². The van der Waals surface area contributed by atoms with Gasteiger partial charge in [0.1, 0.15) is 18.0 Å². The number of aromatic nitrogens is 5. The number of hydrogen-bond donors (Lipinski definition) is 2. The van der Waals surface area contributed by atoms with Crippen LogP contribution in [0.2, 0.25) is 0 Å². The lowest BCUT2D eigenvalue weighted by molar-refractivity contribution is 0.0932. The van der Waals surface area contributed by atoms with Crippen LogP contribution < -0.4 is 10.6 Å². The summed E-state index contributed by atoms with van der Waals surface area (Å²) in [7, 11) is 0. The highest BCUT2D eigenvalue weighted by Gasteiger charge is 2.19. The topological polar surface area (TPSA) is 97.6 Å². The zero-order valence-electron chi connectivity index (χ0n) is 16.4. The molecule has 8 heteroatoms. The van der Waals surface area contributed by atoms with E-state index in [1.54, 1.807) is 23.0 Å². The molecule has 3 rings (SSSR count). The van der Waals surface area contributed by atoms with E-state index in [1.165, 1.54) is 6.33 Å². The van der Waals surface area contributed by atoms with Crippen LogP contribution in [0.5, 0.6) is 0 Å². The Bertz CT molecular complexity index is 938. The first-order valence-corrected chi connectivity index (χ1v) is 9.52. The molecular weight excluding hydrogens is 354 g/mol. The summed E-state index contributed by atoms with van der Waals surface area (Å²) in [5, 5.41) is 10.4. The monoisotopic (exact) mass is 379 g/mol. The number of aryl methyl sites for hydroxylation is 1. The van der Waals surface area contributed by atoms with Crippen LogP contribution in [0.3, 0.4) is 0 Å². The third-order valence-corrected chi connectivity index (χ3v) is 4.37. The average Bonchev–Trinajstić information content (AvgIpc) is 3.21. The van der Waals surface area contributed by atoms with Crippen molar-refractivity contribution in [3.63, 3.8) is 0 Å². The summed E-state index contributed by atoms with van der Waals surface area (Å²) in [5.74, 6) is 1.93. The number of amides is 1. The molecule has 3 aromatic rings. The fraction of sp³-hybridized carbons (Fsp3) is 0.350. The number of carbonyl (C=O) groups excluding carboxylic acids is 1. The van der Waals surface area contributed by atoms with Crippen LogP contribution in [0.15, 0.2) is 42.9 Å². The molecule has 1 atom stereocenters. The first kappa shape index (κ1) is 19.5. The Balaban J connectivity index is 1.81. The molecule has 0 aliphatic rings. The van der Waals surface area contributed by atoms with E-state index in [9.17, 15) is 4.79 Å².